The molecule has 0 bridgehead atoms. The molecule has 0 spiro atoms. The number of ether oxygens (including phenoxy) is 2. The predicted octanol–water partition coefficient (Wildman–Crippen LogP) is 5.11. The number of rotatable bonds is 7. The first-order valence-corrected chi connectivity index (χ1v) is 9.80. The van der Waals surface area contributed by atoms with Gasteiger partial charge in [0.1, 0.15) is 6.61 Å². The van der Waals surface area contributed by atoms with Crippen molar-refractivity contribution in [1.82, 2.24) is 5.43 Å². The lowest BCUT2D eigenvalue weighted by Gasteiger charge is -2.11. The van der Waals surface area contributed by atoms with Crippen LogP contribution in [0.3, 0.4) is 0 Å². The zero-order valence-electron chi connectivity index (χ0n) is 16.2. The fourth-order valence-corrected chi connectivity index (χ4v) is 2.82. The van der Waals surface area contributed by atoms with Crippen molar-refractivity contribution in [3.63, 3.8) is 0 Å². The predicted molar refractivity (Wildman–Crippen MR) is 118 cm³/mol. The summed E-state index contributed by atoms with van der Waals surface area (Å²) in [5.74, 6) is 0.967. The van der Waals surface area contributed by atoms with E-state index in [2.05, 4.69) is 26.5 Å². The Morgan fingerprint density at radius 2 is 1.76 bits per heavy atom. The lowest BCUT2D eigenvalue weighted by Crippen LogP contribution is -2.17. The molecule has 148 valence electrons. The number of carbonyl (C=O) groups excluding carboxylic acids is 1. The largest absolute Gasteiger partial charge is 0.493 e. The highest BCUT2D eigenvalue weighted by atomic mass is 79.9. The van der Waals surface area contributed by atoms with Gasteiger partial charge in [-0.25, -0.2) is 5.43 Å². The monoisotopic (exact) mass is 452 g/mol. The molecule has 3 aromatic rings. The first kappa shape index (κ1) is 20.6. The molecule has 1 N–H and O–H groups in total. The van der Waals surface area contributed by atoms with Crippen LogP contribution in [-0.4, -0.2) is 19.2 Å². The van der Waals surface area contributed by atoms with Gasteiger partial charge in [-0.15, -0.1) is 0 Å². The van der Waals surface area contributed by atoms with Crippen LogP contribution in [0.25, 0.3) is 0 Å². The number of hydrogen-bond acceptors (Lipinski definition) is 4. The molecule has 0 aliphatic heterocycles. The molecule has 3 rings (SSSR count). The van der Waals surface area contributed by atoms with E-state index in [1.807, 2.05) is 55.5 Å². The van der Waals surface area contributed by atoms with Gasteiger partial charge in [0.05, 0.1) is 13.3 Å². The van der Waals surface area contributed by atoms with Gasteiger partial charge < -0.3 is 9.47 Å². The summed E-state index contributed by atoms with van der Waals surface area (Å²) in [4.78, 5) is 12.1. The van der Waals surface area contributed by atoms with Gasteiger partial charge in [0, 0.05) is 10.0 Å². The average molecular weight is 453 g/mol. The van der Waals surface area contributed by atoms with Gasteiger partial charge in [-0.05, 0) is 60.5 Å². The van der Waals surface area contributed by atoms with Gasteiger partial charge in [0.2, 0.25) is 0 Å². The summed E-state index contributed by atoms with van der Waals surface area (Å²) in [6, 6.07) is 20.7. The number of methoxy groups -OCH3 is 1. The Morgan fingerprint density at radius 3 is 2.45 bits per heavy atom. The summed E-state index contributed by atoms with van der Waals surface area (Å²) >= 11 is 3.42. The van der Waals surface area contributed by atoms with Crippen LogP contribution in [0.1, 0.15) is 27.0 Å². The highest BCUT2D eigenvalue weighted by Crippen LogP contribution is 2.28. The van der Waals surface area contributed by atoms with Crippen LogP contribution in [0.2, 0.25) is 0 Å². The molecule has 6 heteroatoms. The van der Waals surface area contributed by atoms with Crippen molar-refractivity contribution in [2.45, 2.75) is 13.5 Å². The number of halogens is 1. The van der Waals surface area contributed by atoms with Crippen molar-refractivity contribution >= 4 is 28.1 Å². The van der Waals surface area contributed by atoms with Crippen molar-refractivity contribution in [2.24, 2.45) is 5.10 Å². The second-order valence-electron chi connectivity index (χ2n) is 6.39. The maximum atomic E-state index is 12.1. The normalized spacial score (nSPS) is 10.7. The van der Waals surface area contributed by atoms with E-state index in [-0.39, 0.29) is 5.91 Å². The van der Waals surface area contributed by atoms with E-state index in [0.717, 1.165) is 21.2 Å². The molecule has 0 saturated heterocycles. The molecule has 0 aliphatic carbocycles. The summed E-state index contributed by atoms with van der Waals surface area (Å²) < 4.78 is 12.3. The molecular weight excluding hydrogens is 432 g/mol. The zero-order chi connectivity index (χ0) is 20.6. The summed E-state index contributed by atoms with van der Waals surface area (Å²) in [7, 11) is 1.59. The number of hydrogen-bond donors (Lipinski definition) is 1. The number of hydrazone groups is 1. The Hall–Kier alpha value is -3.12. The average Bonchev–Trinajstić information content (AvgIpc) is 2.74. The lowest BCUT2D eigenvalue weighted by atomic mass is 10.1. The highest BCUT2D eigenvalue weighted by Gasteiger charge is 2.07. The van der Waals surface area contributed by atoms with Gasteiger partial charge in [-0.1, -0.05) is 45.8 Å². The van der Waals surface area contributed by atoms with Crippen molar-refractivity contribution in [3.8, 4) is 11.5 Å². The van der Waals surface area contributed by atoms with E-state index in [1.165, 1.54) is 0 Å². The van der Waals surface area contributed by atoms with Crippen LogP contribution in [0.5, 0.6) is 11.5 Å². The Kier molecular flexibility index (Phi) is 7.03. The molecule has 0 aromatic heterocycles. The SMILES string of the molecule is COc1cc(/C=N\NC(=O)c2ccc(C)cc2)ccc1OCc1ccc(Br)cc1. The van der Waals surface area contributed by atoms with E-state index >= 15 is 0 Å². The number of amides is 1. The highest BCUT2D eigenvalue weighted by molar-refractivity contribution is 9.10. The molecule has 3 aromatic carbocycles. The standard InChI is InChI=1S/C23H21BrN2O3/c1-16-3-8-19(9-4-16)23(27)26-25-14-18-7-12-21(22(13-18)28-2)29-15-17-5-10-20(24)11-6-17/h3-14H,15H2,1-2H3,(H,26,27)/b25-14-. The fraction of sp³-hybridized carbons (Fsp3) is 0.130. The number of nitrogens with one attached hydrogen (secondary N) is 1. The summed E-state index contributed by atoms with van der Waals surface area (Å²) in [6.45, 7) is 2.41. The van der Waals surface area contributed by atoms with Crippen molar-refractivity contribution < 1.29 is 14.3 Å². The molecule has 0 aliphatic rings. The molecule has 0 unspecified atom stereocenters. The van der Waals surface area contributed by atoms with Crippen LogP contribution in [0.15, 0.2) is 76.3 Å². The zero-order valence-corrected chi connectivity index (χ0v) is 17.8. The number of carbonyl (C=O) groups is 1. The third-order valence-electron chi connectivity index (χ3n) is 4.19. The second kappa shape index (κ2) is 9.89. The van der Waals surface area contributed by atoms with Gasteiger partial charge in [-0.2, -0.15) is 5.10 Å². The second-order valence-corrected chi connectivity index (χ2v) is 7.31. The van der Waals surface area contributed by atoms with Crippen LogP contribution in [0, 0.1) is 6.92 Å². The molecule has 1 amide bonds. The summed E-state index contributed by atoms with van der Waals surface area (Å²) in [5.41, 5.74) is 6.01. The third kappa shape index (κ3) is 5.93. The van der Waals surface area contributed by atoms with Crippen LogP contribution in [0.4, 0.5) is 0 Å². The van der Waals surface area contributed by atoms with Crippen molar-refractivity contribution in [1.29, 1.82) is 0 Å². The number of aryl methyl sites for hydroxylation is 1. The van der Waals surface area contributed by atoms with Crippen LogP contribution in [-0.2, 0) is 6.61 Å². The topological polar surface area (TPSA) is 59.9 Å². The van der Waals surface area contributed by atoms with E-state index in [9.17, 15) is 4.79 Å². The van der Waals surface area contributed by atoms with Gasteiger partial charge in [0.25, 0.3) is 5.91 Å². The summed E-state index contributed by atoms with van der Waals surface area (Å²) in [5, 5.41) is 4.02. The fourth-order valence-electron chi connectivity index (χ4n) is 2.56. The lowest BCUT2D eigenvalue weighted by molar-refractivity contribution is 0.0955. The van der Waals surface area contributed by atoms with E-state index in [4.69, 9.17) is 9.47 Å². The minimum atomic E-state index is -0.261. The van der Waals surface area contributed by atoms with E-state index < -0.39 is 0 Å². The quantitative estimate of drug-likeness (QED) is 0.400. The Bertz CT molecular complexity index is 1000. The maximum absolute atomic E-state index is 12.1. The smallest absolute Gasteiger partial charge is 0.271 e. The molecule has 0 radical (unpaired) electrons. The van der Waals surface area contributed by atoms with Gasteiger partial charge >= 0.3 is 0 Å². The van der Waals surface area contributed by atoms with E-state index in [0.29, 0.717) is 23.7 Å². The third-order valence-corrected chi connectivity index (χ3v) is 4.72. The molecule has 29 heavy (non-hydrogen) atoms. The van der Waals surface area contributed by atoms with Crippen molar-refractivity contribution in [2.75, 3.05) is 7.11 Å². The number of nitrogens with zero attached hydrogens (tertiary/aromatic N) is 1. The van der Waals surface area contributed by atoms with Gasteiger partial charge in [0.15, 0.2) is 11.5 Å². The first-order valence-electron chi connectivity index (χ1n) is 9.00. The van der Waals surface area contributed by atoms with Crippen LogP contribution < -0.4 is 14.9 Å². The van der Waals surface area contributed by atoms with Gasteiger partial charge in [-0.3, -0.25) is 4.79 Å². The maximum Gasteiger partial charge on any atom is 0.271 e. The number of benzene rings is 3. The first-order chi connectivity index (χ1) is 14.0. The molecular formula is C23H21BrN2O3. The minimum Gasteiger partial charge on any atom is -0.493 e. The Morgan fingerprint density at radius 1 is 1.03 bits per heavy atom. The Labute approximate surface area is 178 Å². The molecule has 5 nitrogen and oxygen atoms in total. The minimum absolute atomic E-state index is 0.261. The van der Waals surface area contributed by atoms with Crippen LogP contribution >= 0.6 is 15.9 Å². The molecule has 0 heterocycles. The Balaban J connectivity index is 1.61. The summed E-state index contributed by atoms with van der Waals surface area (Å²) in [6.07, 6.45) is 1.56. The van der Waals surface area contributed by atoms with E-state index in [1.54, 1.807) is 31.5 Å². The van der Waals surface area contributed by atoms with Crippen molar-refractivity contribution in [3.05, 3.63) is 93.5 Å². The molecule has 0 atom stereocenters. The molecule has 0 fully saturated rings. The molecule has 0 saturated carbocycles.